The molecule has 11 nitrogen and oxygen atoms in total. The summed E-state index contributed by atoms with van der Waals surface area (Å²) < 4.78 is 4.76. The van der Waals surface area contributed by atoms with Crippen LogP contribution in [0.15, 0.2) is 95.8 Å². The van der Waals surface area contributed by atoms with Gasteiger partial charge in [-0.25, -0.2) is 0 Å². The first-order valence-electron chi connectivity index (χ1n) is 16.5. The number of hydrogen-bond acceptors (Lipinski definition) is 8. The zero-order valence-corrected chi connectivity index (χ0v) is 26.6. The van der Waals surface area contributed by atoms with Gasteiger partial charge in [0.05, 0.1) is 23.3 Å². The summed E-state index contributed by atoms with van der Waals surface area (Å²) >= 11 is 0. The van der Waals surface area contributed by atoms with Crippen LogP contribution in [0.3, 0.4) is 0 Å². The number of rotatable bonds is 11. The summed E-state index contributed by atoms with van der Waals surface area (Å²) in [5.74, 6) is -0.564. The standard InChI is InChI=1S/C37H40N6O5/c44-27(18-40-37(47)33-14-17-48-41-33)21-42-20-26-7-2-3-9-29(26)32(23-42)35-30-10-4-1-6-24(30)13-16-43(35)22-28(45)19-39-36(46)31-11-5-8-25-12-15-38-34(25)31/h1-12,14-15,17,27-28,32,35,38,44-45H,13,16,18-23H2,(H,39,46)(H,40,47). The number of carbonyl (C=O) groups excluding carboxylic acids is 2. The van der Waals surface area contributed by atoms with Gasteiger partial charge in [0, 0.05) is 75.4 Å². The number of nitrogens with zero attached hydrogens (tertiary/aromatic N) is 3. The number of amides is 2. The molecule has 2 aliphatic heterocycles. The lowest BCUT2D eigenvalue weighted by Crippen LogP contribution is -2.49. The highest BCUT2D eigenvalue weighted by molar-refractivity contribution is 6.05. The second kappa shape index (κ2) is 14.1. The lowest BCUT2D eigenvalue weighted by Gasteiger charge is -2.46. The molecule has 7 rings (SSSR count). The summed E-state index contributed by atoms with van der Waals surface area (Å²) in [6.07, 6.45) is 2.44. The van der Waals surface area contributed by atoms with Gasteiger partial charge >= 0.3 is 0 Å². The molecule has 4 atom stereocenters. The molecule has 5 N–H and O–H groups in total. The highest BCUT2D eigenvalue weighted by Crippen LogP contribution is 2.44. The summed E-state index contributed by atoms with van der Waals surface area (Å²) in [4.78, 5) is 33.2. The number of nitrogens with one attached hydrogen (secondary N) is 3. The molecule has 0 aliphatic carbocycles. The van der Waals surface area contributed by atoms with Crippen LogP contribution in [0.4, 0.5) is 0 Å². The van der Waals surface area contributed by atoms with Crippen molar-refractivity contribution in [3.63, 3.8) is 0 Å². The minimum atomic E-state index is -0.788. The molecule has 2 amide bonds. The zero-order chi connectivity index (χ0) is 33.0. The Bertz CT molecular complexity index is 1870. The van der Waals surface area contributed by atoms with Crippen molar-refractivity contribution in [2.45, 2.75) is 37.1 Å². The van der Waals surface area contributed by atoms with Gasteiger partial charge in [0.2, 0.25) is 0 Å². The van der Waals surface area contributed by atoms with Crippen LogP contribution in [0.1, 0.15) is 55.1 Å². The van der Waals surface area contributed by atoms with E-state index in [2.05, 4.69) is 73.0 Å². The van der Waals surface area contributed by atoms with Crippen molar-refractivity contribution in [2.75, 3.05) is 39.3 Å². The van der Waals surface area contributed by atoms with Crippen molar-refractivity contribution in [1.29, 1.82) is 0 Å². The Hall–Kier alpha value is -4.81. The highest BCUT2D eigenvalue weighted by atomic mass is 16.5. The minimum absolute atomic E-state index is 0.0269. The molecular formula is C37H40N6O5. The van der Waals surface area contributed by atoms with Gasteiger partial charge in [-0.15, -0.1) is 0 Å². The van der Waals surface area contributed by atoms with Crippen molar-refractivity contribution in [2.24, 2.45) is 0 Å². The van der Waals surface area contributed by atoms with E-state index in [0.29, 0.717) is 31.7 Å². The maximum Gasteiger partial charge on any atom is 0.273 e. The lowest BCUT2D eigenvalue weighted by atomic mass is 9.77. The van der Waals surface area contributed by atoms with Crippen LogP contribution in [-0.4, -0.2) is 93.4 Å². The monoisotopic (exact) mass is 648 g/mol. The quantitative estimate of drug-likeness (QED) is 0.147. The first-order valence-corrected chi connectivity index (χ1v) is 16.5. The average molecular weight is 649 g/mol. The third kappa shape index (κ3) is 6.76. The number of aliphatic hydroxyl groups excluding tert-OH is 2. The van der Waals surface area contributed by atoms with Gasteiger partial charge in [0.15, 0.2) is 5.69 Å². The molecule has 0 saturated carbocycles. The number of fused-ring (bicyclic) bond motifs is 3. The molecule has 4 heterocycles. The van der Waals surface area contributed by atoms with Crippen molar-refractivity contribution in [3.8, 4) is 0 Å². The Morgan fingerprint density at radius 2 is 1.62 bits per heavy atom. The topological polar surface area (TPSA) is 147 Å². The van der Waals surface area contributed by atoms with Crippen LogP contribution >= 0.6 is 0 Å². The van der Waals surface area contributed by atoms with Gasteiger partial charge in [0.25, 0.3) is 11.8 Å². The molecule has 248 valence electrons. The maximum absolute atomic E-state index is 13.1. The van der Waals surface area contributed by atoms with Gasteiger partial charge in [-0.05, 0) is 40.8 Å². The van der Waals surface area contributed by atoms with Gasteiger partial charge in [-0.1, -0.05) is 65.8 Å². The van der Waals surface area contributed by atoms with E-state index < -0.39 is 18.1 Å². The van der Waals surface area contributed by atoms with E-state index in [9.17, 15) is 19.8 Å². The van der Waals surface area contributed by atoms with Crippen LogP contribution in [-0.2, 0) is 13.0 Å². The fraction of sp³-hybridized carbons (Fsp3) is 0.324. The normalized spacial score (nSPS) is 19.3. The summed E-state index contributed by atoms with van der Waals surface area (Å²) in [5.41, 5.74) is 6.49. The smallest absolute Gasteiger partial charge is 0.273 e. The van der Waals surface area contributed by atoms with E-state index in [1.165, 1.54) is 34.6 Å². The number of aliphatic hydroxyl groups is 2. The second-order valence-electron chi connectivity index (χ2n) is 12.7. The Kier molecular flexibility index (Phi) is 9.35. The summed E-state index contributed by atoms with van der Waals surface area (Å²) in [6, 6.07) is 25.9. The highest BCUT2D eigenvalue weighted by Gasteiger charge is 2.39. The van der Waals surface area contributed by atoms with E-state index in [1.54, 1.807) is 6.07 Å². The van der Waals surface area contributed by atoms with E-state index in [0.717, 1.165) is 23.9 Å². The Morgan fingerprint density at radius 1 is 0.875 bits per heavy atom. The minimum Gasteiger partial charge on any atom is -0.390 e. The second-order valence-corrected chi connectivity index (χ2v) is 12.7. The fourth-order valence-corrected chi connectivity index (χ4v) is 7.37. The summed E-state index contributed by atoms with van der Waals surface area (Å²) in [5, 5.41) is 32.6. The molecule has 11 heteroatoms. The molecule has 0 fully saturated rings. The van der Waals surface area contributed by atoms with Gasteiger partial charge in [-0.2, -0.15) is 0 Å². The van der Waals surface area contributed by atoms with Crippen LogP contribution in [0.5, 0.6) is 0 Å². The van der Waals surface area contributed by atoms with Crippen LogP contribution < -0.4 is 10.6 Å². The number of hydrogen-bond donors (Lipinski definition) is 5. The lowest BCUT2D eigenvalue weighted by molar-refractivity contribution is 0.0491. The molecule has 0 spiro atoms. The van der Waals surface area contributed by atoms with Gasteiger partial charge in [-0.3, -0.25) is 19.4 Å². The molecule has 2 aliphatic rings. The predicted octanol–water partition coefficient (Wildman–Crippen LogP) is 3.24. The summed E-state index contributed by atoms with van der Waals surface area (Å²) in [7, 11) is 0. The van der Waals surface area contributed by atoms with E-state index in [-0.39, 0.29) is 36.7 Å². The number of aromatic nitrogens is 2. The van der Waals surface area contributed by atoms with E-state index >= 15 is 0 Å². The Morgan fingerprint density at radius 3 is 2.44 bits per heavy atom. The van der Waals surface area contributed by atoms with E-state index in [1.807, 2.05) is 30.5 Å². The largest absolute Gasteiger partial charge is 0.390 e. The SMILES string of the molecule is O=C(NCC(O)CN1Cc2ccccc2C(C2c3ccccc3CCN2CC(O)CNC(=O)c2cccc3cc[nH]c23)C1)c1ccon1. The number of carbonyl (C=O) groups is 2. The molecule has 5 aromatic rings. The Labute approximate surface area is 278 Å². The zero-order valence-electron chi connectivity index (χ0n) is 26.6. The molecule has 0 bridgehead atoms. The fourth-order valence-electron chi connectivity index (χ4n) is 7.37. The van der Waals surface area contributed by atoms with Crippen LogP contribution in [0, 0.1) is 0 Å². The molecule has 48 heavy (non-hydrogen) atoms. The molecule has 0 radical (unpaired) electrons. The molecule has 4 unspecified atom stereocenters. The first-order chi connectivity index (χ1) is 23.4. The van der Waals surface area contributed by atoms with Gasteiger partial charge in [0.1, 0.15) is 6.26 Å². The molecular weight excluding hydrogens is 608 g/mol. The van der Waals surface area contributed by atoms with Crippen LogP contribution in [0.25, 0.3) is 10.9 Å². The number of H-pyrrole nitrogens is 1. The summed E-state index contributed by atoms with van der Waals surface area (Å²) in [6.45, 7) is 3.11. The van der Waals surface area contributed by atoms with Crippen molar-refractivity contribution < 1.29 is 24.3 Å². The third-order valence-electron chi connectivity index (χ3n) is 9.53. The predicted molar refractivity (Wildman–Crippen MR) is 180 cm³/mol. The van der Waals surface area contributed by atoms with Crippen molar-refractivity contribution in [1.82, 2.24) is 30.6 Å². The molecule has 2 aromatic heterocycles. The molecule has 3 aromatic carbocycles. The van der Waals surface area contributed by atoms with Gasteiger partial charge < -0.3 is 30.4 Å². The number of benzene rings is 3. The average Bonchev–Trinajstić information content (AvgIpc) is 3.82. The van der Waals surface area contributed by atoms with Crippen molar-refractivity contribution in [3.05, 3.63) is 125 Å². The van der Waals surface area contributed by atoms with Crippen LogP contribution in [0.2, 0.25) is 0 Å². The number of aromatic amines is 1. The third-order valence-corrected chi connectivity index (χ3v) is 9.53. The Balaban J connectivity index is 1.07. The number of β-amino-alcohol motifs (C(OH)–C–C–N with tert-alkyl or cyclic N) is 2. The maximum atomic E-state index is 13.1. The van der Waals surface area contributed by atoms with Crippen molar-refractivity contribution >= 4 is 22.7 Å². The molecule has 0 saturated heterocycles. The first kappa shape index (κ1) is 31.8. The number of para-hydroxylation sites is 1. The van der Waals surface area contributed by atoms with E-state index in [4.69, 9.17) is 4.52 Å².